The molecule has 1 aromatic heterocycles. The predicted octanol–water partition coefficient (Wildman–Crippen LogP) is 1.27. The Morgan fingerprint density at radius 1 is 1.47 bits per heavy atom. The summed E-state index contributed by atoms with van der Waals surface area (Å²) in [6, 6.07) is 0. The van der Waals surface area contributed by atoms with Gasteiger partial charge in [0.15, 0.2) is 0 Å². The number of nitrogens with zero attached hydrogens (tertiary/aromatic N) is 3. The smallest absolute Gasteiger partial charge is 0.287 e. The molecular weight excluding hydrogens is 290 g/mol. The molecule has 1 amide bonds. The lowest BCUT2D eigenvalue weighted by atomic mass is 9.95. The van der Waals surface area contributed by atoms with E-state index in [9.17, 15) is 13.2 Å². The van der Waals surface area contributed by atoms with Gasteiger partial charge in [0, 0.05) is 20.0 Å². The number of aryl methyl sites for hydroxylation is 1. The average molecular weight is 306 g/mol. The molecule has 0 bridgehead atoms. The van der Waals surface area contributed by atoms with E-state index in [1.54, 1.807) is 7.05 Å². The van der Waals surface area contributed by atoms with E-state index in [0.717, 1.165) is 4.31 Å². The second-order valence-electron chi connectivity index (χ2n) is 5.09. The van der Waals surface area contributed by atoms with Crippen molar-refractivity contribution in [2.45, 2.75) is 25.3 Å². The quantitative estimate of drug-likeness (QED) is 0.843. The van der Waals surface area contributed by atoms with Crippen LogP contribution in [0.1, 0.15) is 20.3 Å². The van der Waals surface area contributed by atoms with Crippen LogP contribution in [0.25, 0.3) is 0 Å². The minimum atomic E-state index is -3.94. The first-order valence-electron chi connectivity index (χ1n) is 5.97. The van der Waals surface area contributed by atoms with E-state index in [1.165, 1.54) is 10.9 Å². The molecule has 0 aromatic carbocycles. The highest BCUT2D eigenvalue weighted by Gasteiger charge is 2.41. The van der Waals surface area contributed by atoms with Gasteiger partial charge in [0.1, 0.15) is 5.15 Å². The van der Waals surface area contributed by atoms with Crippen LogP contribution in [-0.2, 0) is 21.9 Å². The summed E-state index contributed by atoms with van der Waals surface area (Å²) in [5.41, 5.74) is 0. The zero-order valence-electron chi connectivity index (χ0n) is 11.0. The summed E-state index contributed by atoms with van der Waals surface area (Å²) in [6.45, 7) is 4.15. The van der Waals surface area contributed by atoms with Crippen molar-refractivity contribution in [3.05, 3.63) is 11.5 Å². The number of hydrogen-bond donors (Lipinski definition) is 0. The SMILES string of the molecule is CC(C)C1CC(=O)N(S(=O)(=O)c2ncn(C)c2Cl)C1. The number of imidazole rings is 1. The van der Waals surface area contributed by atoms with Crippen molar-refractivity contribution in [2.24, 2.45) is 18.9 Å². The molecule has 0 spiro atoms. The summed E-state index contributed by atoms with van der Waals surface area (Å²) in [6.07, 6.45) is 1.57. The maximum absolute atomic E-state index is 12.4. The minimum absolute atomic E-state index is 0.0146. The van der Waals surface area contributed by atoms with Gasteiger partial charge in [-0.2, -0.15) is 8.42 Å². The summed E-state index contributed by atoms with van der Waals surface area (Å²) in [4.78, 5) is 15.7. The Bertz CT molecular complexity index is 609. The van der Waals surface area contributed by atoms with Crippen LogP contribution < -0.4 is 0 Å². The molecule has 2 rings (SSSR count). The first-order valence-corrected chi connectivity index (χ1v) is 7.79. The maximum Gasteiger partial charge on any atom is 0.287 e. The Balaban J connectivity index is 2.36. The molecule has 1 aliphatic heterocycles. The Morgan fingerprint density at radius 2 is 2.11 bits per heavy atom. The third-order valence-corrected chi connectivity index (χ3v) is 5.71. The van der Waals surface area contributed by atoms with Gasteiger partial charge in [-0.15, -0.1) is 0 Å². The van der Waals surface area contributed by atoms with Gasteiger partial charge in [0.05, 0.1) is 6.33 Å². The Kier molecular flexibility index (Phi) is 3.61. The number of carbonyl (C=O) groups is 1. The van der Waals surface area contributed by atoms with Gasteiger partial charge in [-0.1, -0.05) is 25.4 Å². The van der Waals surface area contributed by atoms with Gasteiger partial charge in [0.2, 0.25) is 10.9 Å². The molecule has 8 heteroatoms. The summed E-state index contributed by atoms with van der Waals surface area (Å²) < 4.78 is 27.1. The molecule has 6 nitrogen and oxygen atoms in total. The maximum atomic E-state index is 12.4. The Labute approximate surface area is 117 Å². The predicted molar refractivity (Wildman–Crippen MR) is 70.1 cm³/mol. The fourth-order valence-electron chi connectivity index (χ4n) is 2.06. The molecule has 0 aliphatic carbocycles. The van der Waals surface area contributed by atoms with Gasteiger partial charge in [-0.25, -0.2) is 9.29 Å². The normalized spacial score (nSPS) is 20.6. The second kappa shape index (κ2) is 4.79. The van der Waals surface area contributed by atoms with E-state index in [4.69, 9.17) is 11.6 Å². The van der Waals surface area contributed by atoms with Crippen molar-refractivity contribution in [1.82, 2.24) is 13.9 Å². The summed E-state index contributed by atoms with van der Waals surface area (Å²) in [7, 11) is -2.35. The van der Waals surface area contributed by atoms with E-state index in [1.807, 2.05) is 13.8 Å². The van der Waals surface area contributed by atoms with E-state index < -0.39 is 10.0 Å². The van der Waals surface area contributed by atoms with Gasteiger partial charge in [0.25, 0.3) is 10.0 Å². The van der Waals surface area contributed by atoms with Crippen LogP contribution in [0, 0.1) is 11.8 Å². The highest BCUT2D eigenvalue weighted by Crippen LogP contribution is 2.31. The third kappa shape index (κ3) is 2.36. The highest BCUT2D eigenvalue weighted by atomic mass is 35.5. The number of sulfonamides is 1. The zero-order chi connectivity index (χ0) is 14.4. The fraction of sp³-hybridized carbons (Fsp3) is 0.636. The van der Waals surface area contributed by atoms with Crippen LogP contribution in [-0.4, -0.2) is 34.7 Å². The van der Waals surface area contributed by atoms with Gasteiger partial charge in [-0.3, -0.25) is 4.79 Å². The van der Waals surface area contributed by atoms with Crippen molar-refractivity contribution >= 4 is 27.5 Å². The van der Waals surface area contributed by atoms with Crippen molar-refractivity contribution in [1.29, 1.82) is 0 Å². The molecule has 1 aromatic rings. The van der Waals surface area contributed by atoms with Gasteiger partial charge >= 0.3 is 0 Å². The number of aromatic nitrogens is 2. The topological polar surface area (TPSA) is 72.3 Å². The number of rotatable bonds is 3. The lowest BCUT2D eigenvalue weighted by Gasteiger charge is -2.17. The average Bonchev–Trinajstić information content (AvgIpc) is 2.85. The summed E-state index contributed by atoms with van der Waals surface area (Å²) in [5.74, 6) is -0.0893. The van der Waals surface area contributed by atoms with Crippen LogP contribution in [0.2, 0.25) is 5.15 Å². The molecule has 1 fully saturated rings. The van der Waals surface area contributed by atoms with Crippen molar-refractivity contribution in [2.75, 3.05) is 6.54 Å². The van der Waals surface area contributed by atoms with Crippen LogP contribution in [0.5, 0.6) is 0 Å². The number of amides is 1. The molecule has 0 N–H and O–H groups in total. The van der Waals surface area contributed by atoms with Crippen molar-refractivity contribution < 1.29 is 13.2 Å². The van der Waals surface area contributed by atoms with Crippen LogP contribution in [0.4, 0.5) is 0 Å². The second-order valence-corrected chi connectivity index (χ2v) is 7.23. The van der Waals surface area contributed by atoms with Crippen LogP contribution in [0.3, 0.4) is 0 Å². The van der Waals surface area contributed by atoms with E-state index in [2.05, 4.69) is 4.98 Å². The Morgan fingerprint density at radius 3 is 2.53 bits per heavy atom. The summed E-state index contributed by atoms with van der Waals surface area (Å²) in [5, 5.41) is -0.241. The van der Waals surface area contributed by atoms with E-state index in [0.29, 0.717) is 0 Å². The monoisotopic (exact) mass is 305 g/mol. The minimum Gasteiger partial charge on any atom is -0.324 e. The van der Waals surface area contributed by atoms with Gasteiger partial charge in [-0.05, 0) is 11.8 Å². The number of carbonyl (C=O) groups excluding carboxylic acids is 1. The molecule has 106 valence electrons. The lowest BCUT2D eigenvalue weighted by Crippen LogP contribution is -2.33. The van der Waals surface area contributed by atoms with E-state index >= 15 is 0 Å². The molecule has 1 aliphatic rings. The standard InChI is InChI=1S/C11H16ClN3O3S/c1-7(2)8-4-9(16)15(5-8)19(17,18)11-10(12)14(3)6-13-11/h6-8H,4-5H2,1-3H3. The molecule has 1 saturated heterocycles. The fourth-order valence-corrected chi connectivity index (χ4v) is 3.92. The molecule has 0 saturated carbocycles. The molecule has 0 radical (unpaired) electrons. The largest absolute Gasteiger partial charge is 0.324 e. The van der Waals surface area contributed by atoms with Crippen molar-refractivity contribution in [3.63, 3.8) is 0 Å². The highest BCUT2D eigenvalue weighted by molar-refractivity contribution is 7.89. The first kappa shape index (κ1) is 14.3. The zero-order valence-corrected chi connectivity index (χ0v) is 12.6. The van der Waals surface area contributed by atoms with Crippen molar-refractivity contribution in [3.8, 4) is 0 Å². The molecule has 19 heavy (non-hydrogen) atoms. The molecule has 1 unspecified atom stereocenters. The van der Waals surface area contributed by atoms with E-state index in [-0.39, 0.29) is 40.9 Å². The number of hydrogen-bond acceptors (Lipinski definition) is 4. The van der Waals surface area contributed by atoms with Crippen LogP contribution in [0.15, 0.2) is 11.4 Å². The third-order valence-electron chi connectivity index (χ3n) is 3.43. The summed E-state index contributed by atoms with van der Waals surface area (Å²) >= 11 is 5.90. The molecule has 2 heterocycles. The van der Waals surface area contributed by atoms with Gasteiger partial charge < -0.3 is 4.57 Å². The van der Waals surface area contributed by atoms with Crippen LogP contribution >= 0.6 is 11.6 Å². The lowest BCUT2D eigenvalue weighted by molar-refractivity contribution is -0.123. The number of halogens is 1. The molecular formula is C11H16ClN3O3S. The Hall–Kier alpha value is -1.08. The first-order chi connectivity index (χ1) is 8.75. The molecule has 1 atom stereocenters.